The maximum atomic E-state index is 14.5. The third-order valence-electron chi connectivity index (χ3n) is 14.9. The van der Waals surface area contributed by atoms with Crippen LogP contribution in [0.25, 0.3) is 0 Å². The zero-order chi connectivity index (χ0) is 30.3. The molecule has 6 rings (SSSR count). The fraction of sp³-hybridized carbons (Fsp3) is 0.865. The van der Waals surface area contributed by atoms with Gasteiger partial charge in [0, 0.05) is 24.3 Å². The fourth-order valence-electron chi connectivity index (χ4n) is 11.8. The number of allylic oxidation sites excluding steroid dienone is 2. The molecule has 0 aromatic heterocycles. The summed E-state index contributed by atoms with van der Waals surface area (Å²) < 4.78 is 5.99. The van der Waals surface area contributed by atoms with Gasteiger partial charge in [-0.15, -0.1) is 0 Å². The maximum Gasteiger partial charge on any atom is 0.311 e. The predicted octanol–water partition coefficient (Wildman–Crippen LogP) is 7.57. The van der Waals surface area contributed by atoms with Gasteiger partial charge < -0.3 is 4.74 Å². The Morgan fingerprint density at radius 1 is 0.905 bits per heavy atom. The molecule has 0 aromatic carbocycles. The average Bonchev–Trinajstić information content (AvgIpc) is 2.93. The van der Waals surface area contributed by atoms with Crippen LogP contribution in [0, 0.1) is 50.2 Å². The predicted molar refractivity (Wildman–Crippen MR) is 166 cm³/mol. The van der Waals surface area contributed by atoms with E-state index in [1.807, 2.05) is 0 Å². The van der Waals surface area contributed by atoms with Crippen molar-refractivity contribution in [2.75, 3.05) is 26.2 Å². The third-order valence-corrected chi connectivity index (χ3v) is 14.9. The average molecular weight is 580 g/mol. The minimum Gasteiger partial charge on any atom is -0.464 e. The molecular formula is C37H57NO4. The molecule has 4 saturated carbocycles. The number of ether oxygens (including phenoxy) is 1. The van der Waals surface area contributed by atoms with E-state index in [4.69, 9.17) is 4.74 Å². The van der Waals surface area contributed by atoms with E-state index in [9.17, 15) is 14.4 Å². The summed E-state index contributed by atoms with van der Waals surface area (Å²) in [5.74, 6) is 1.05. The van der Waals surface area contributed by atoms with Crippen LogP contribution in [0.1, 0.15) is 126 Å². The lowest BCUT2D eigenvalue weighted by molar-refractivity contribution is -0.188. The number of Topliss-reactive ketones (excluding diaryl/α,β-unsaturated/α-hetero) is 1. The summed E-state index contributed by atoms with van der Waals surface area (Å²) in [5.41, 5.74) is 0.189. The van der Waals surface area contributed by atoms with Crippen molar-refractivity contribution in [3.8, 4) is 0 Å². The largest absolute Gasteiger partial charge is 0.464 e. The highest BCUT2D eigenvalue weighted by Crippen LogP contribution is 2.74. The smallest absolute Gasteiger partial charge is 0.311 e. The molecule has 8 atom stereocenters. The second-order valence-corrected chi connectivity index (χ2v) is 17.4. The Morgan fingerprint density at radius 3 is 2.31 bits per heavy atom. The minimum absolute atomic E-state index is 0.0391. The van der Waals surface area contributed by atoms with Gasteiger partial charge >= 0.3 is 5.97 Å². The second-order valence-electron chi connectivity index (χ2n) is 17.4. The summed E-state index contributed by atoms with van der Waals surface area (Å²) in [5, 5.41) is 0. The van der Waals surface area contributed by atoms with E-state index in [1.165, 1.54) is 24.8 Å². The quantitative estimate of drug-likeness (QED) is 0.322. The molecule has 0 amide bonds. The summed E-state index contributed by atoms with van der Waals surface area (Å²) >= 11 is 0. The standard InChI is InChI=1S/C37H57NO4/c1-32(2)28-11-14-37(7)30(35(28,5)13-12-29(32)40)27(39)23-25-26-24-34(4,16-15-33(26,3)17-18-36(25,37)6)31(41)42-22-21-38-19-9-8-10-20-38/h23,26,28,30H,8-22,24H2,1-7H3/t26-,28+,30-,33-,34+,35+,36-,37-/m1/s1. The van der Waals surface area contributed by atoms with Gasteiger partial charge in [-0.1, -0.05) is 53.5 Å². The van der Waals surface area contributed by atoms with E-state index in [0.717, 1.165) is 71.0 Å². The van der Waals surface area contributed by atoms with Crippen LogP contribution in [0.3, 0.4) is 0 Å². The molecule has 0 unspecified atom stereocenters. The van der Waals surface area contributed by atoms with Gasteiger partial charge in [-0.2, -0.15) is 0 Å². The molecular weight excluding hydrogens is 522 g/mol. The number of nitrogens with zero attached hydrogens (tertiary/aromatic N) is 1. The molecule has 0 radical (unpaired) electrons. The van der Waals surface area contributed by atoms with Crippen molar-refractivity contribution in [1.29, 1.82) is 0 Å². The molecule has 6 aliphatic rings. The van der Waals surface area contributed by atoms with Crippen molar-refractivity contribution >= 4 is 17.5 Å². The number of fused-ring (bicyclic) bond motifs is 7. The highest BCUT2D eigenvalue weighted by atomic mass is 16.5. The van der Waals surface area contributed by atoms with Crippen LogP contribution >= 0.6 is 0 Å². The van der Waals surface area contributed by atoms with Gasteiger partial charge in [-0.3, -0.25) is 19.3 Å². The lowest BCUT2D eigenvalue weighted by Gasteiger charge is -2.69. The zero-order valence-electron chi connectivity index (χ0n) is 27.7. The first-order valence-corrected chi connectivity index (χ1v) is 17.3. The van der Waals surface area contributed by atoms with Crippen LogP contribution in [0.5, 0.6) is 0 Å². The van der Waals surface area contributed by atoms with Gasteiger partial charge in [0.05, 0.1) is 5.41 Å². The first-order chi connectivity index (χ1) is 19.6. The Hall–Kier alpha value is -1.49. The molecule has 1 aliphatic heterocycles. The van der Waals surface area contributed by atoms with E-state index in [-0.39, 0.29) is 50.8 Å². The molecule has 5 nitrogen and oxygen atoms in total. The molecule has 5 fully saturated rings. The van der Waals surface area contributed by atoms with Crippen molar-refractivity contribution in [3.63, 3.8) is 0 Å². The number of piperidine rings is 1. The maximum absolute atomic E-state index is 14.5. The number of rotatable bonds is 4. The van der Waals surface area contributed by atoms with Crippen LogP contribution in [0.15, 0.2) is 11.6 Å². The van der Waals surface area contributed by atoms with Gasteiger partial charge in [-0.05, 0) is 124 Å². The Kier molecular flexibility index (Phi) is 7.28. The van der Waals surface area contributed by atoms with E-state index in [2.05, 4.69) is 59.4 Å². The third kappa shape index (κ3) is 4.28. The number of hydrogen-bond acceptors (Lipinski definition) is 5. The van der Waals surface area contributed by atoms with Crippen molar-refractivity contribution < 1.29 is 19.1 Å². The number of carbonyl (C=O) groups excluding carboxylic acids is 3. The summed E-state index contributed by atoms with van der Waals surface area (Å²) in [6, 6.07) is 0. The summed E-state index contributed by atoms with van der Waals surface area (Å²) in [6.07, 6.45) is 14.2. The molecule has 0 N–H and O–H groups in total. The number of ketones is 2. The lowest BCUT2D eigenvalue weighted by atomic mass is 9.33. The Bertz CT molecular complexity index is 1180. The highest BCUT2D eigenvalue weighted by molar-refractivity contribution is 5.96. The van der Waals surface area contributed by atoms with Gasteiger partial charge in [0.25, 0.3) is 0 Å². The minimum atomic E-state index is -0.511. The topological polar surface area (TPSA) is 63.7 Å². The Labute approximate surface area is 255 Å². The normalized spacial score (nSPS) is 46.9. The fourth-order valence-corrected chi connectivity index (χ4v) is 11.8. The number of esters is 1. The van der Waals surface area contributed by atoms with Gasteiger partial charge in [-0.25, -0.2) is 0 Å². The van der Waals surface area contributed by atoms with Crippen LogP contribution in [-0.2, 0) is 19.1 Å². The van der Waals surface area contributed by atoms with E-state index < -0.39 is 5.41 Å². The molecule has 1 heterocycles. The monoisotopic (exact) mass is 579 g/mol. The van der Waals surface area contributed by atoms with Crippen molar-refractivity contribution in [2.45, 2.75) is 126 Å². The van der Waals surface area contributed by atoms with Crippen LogP contribution in [0.4, 0.5) is 0 Å². The number of carbonyl (C=O) groups is 3. The zero-order valence-corrected chi connectivity index (χ0v) is 27.7. The van der Waals surface area contributed by atoms with E-state index in [1.54, 1.807) is 0 Å². The molecule has 42 heavy (non-hydrogen) atoms. The van der Waals surface area contributed by atoms with Gasteiger partial charge in [0.1, 0.15) is 12.4 Å². The molecule has 0 aromatic rings. The van der Waals surface area contributed by atoms with Gasteiger partial charge in [0.2, 0.25) is 0 Å². The molecule has 234 valence electrons. The summed E-state index contributed by atoms with van der Waals surface area (Å²) in [6.45, 7) is 19.6. The van der Waals surface area contributed by atoms with E-state index >= 15 is 0 Å². The molecule has 0 spiro atoms. The first-order valence-electron chi connectivity index (χ1n) is 17.3. The van der Waals surface area contributed by atoms with Crippen molar-refractivity contribution in [2.24, 2.45) is 50.2 Å². The van der Waals surface area contributed by atoms with Gasteiger partial charge in [0.15, 0.2) is 5.78 Å². The highest BCUT2D eigenvalue weighted by Gasteiger charge is 2.70. The second kappa shape index (κ2) is 10.0. The summed E-state index contributed by atoms with van der Waals surface area (Å²) in [4.78, 5) is 43.6. The number of hydrogen-bond donors (Lipinski definition) is 0. The first kappa shape index (κ1) is 30.5. The van der Waals surface area contributed by atoms with Crippen LogP contribution in [0.2, 0.25) is 0 Å². The SMILES string of the molecule is CC1(C)C(=O)CC[C@]2(C)[C@H]3C(=O)C=C4[C@H]5C[C@@](C)(C(=O)OCCN6CCCCC6)CC[C@]5(C)CC[C@@]4(C)[C@]3(C)CC[C@@H]12. The van der Waals surface area contributed by atoms with Crippen molar-refractivity contribution in [3.05, 3.63) is 11.6 Å². The Morgan fingerprint density at radius 2 is 1.60 bits per heavy atom. The van der Waals surface area contributed by atoms with Crippen LogP contribution < -0.4 is 0 Å². The van der Waals surface area contributed by atoms with E-state index in [0.29, 0.717) is 24.6 Å². The molecule has 5 aliphatic carbocycles. The van der Waals surface area contributed by atoms with Crippen molar-refractivity contribution in [1.82, 2.24) is 4.90 Å². The summed E-state index contributed by atoms with van der Waals surface area (Å²) in [7, 11) is 0. The number of likely N-dealkylation sites (tertiary alicyclic amines) is 1. The Balaban J connectivity index is 1.28. The lowest BCUT2D eigenvalue weighted by Crippen LogP contribution is -2.66. The molecule has 5 heteroatoms. The van der Waals surface area contributed by atoms with Crippen LogP contribution in [-0.4, -0.2) is 48.7 Å². The molecule has 1 saturated heterocycles. The molecule has 0 bridgehead atoms.